The number of nitrogens with zero attached hydrogens (tertiary/aromatic N) is 3. The Labute approximate surface area is 193 Å². The predicted molar refractivity (Wildman–Crippen MR) is 126 cm³/mol. The third kappa shape index (κ3) is 6.55. The second kappa shape index (κ2) is 11.1. The fourth-order valence-electron chi connectivity index (χ4n) is 3.61. The van der Waals surface area contributed by atoms with Gasteiger partial charge < -0.3 is 15.1 Å². The summed E-state index contributed by atoms with van der Waals surface area (Å²) in [6.07, 6.45) is 0.398. The van der Waals surface area contributed by atoms with Crippen LogP contribution in [0, 0.1) is 6.92 Å². The van der Waals surface area contributed by atoms with Gasteiger partial charge in [-0.05, 0) is 30.2 Å². The molecule has 0 bridgehead atoms. The number of anilines is 1. The summed E-state index contributed by atoms with van der Waals surface area (Å²) in [4.78, 5) is 42.7. The Balaban J connectivity index is 1.41. The first kappa shape index (κ1) is 23.8. The first-order valence-electron chi connectivity index (χ1n) is 10.7. The summed E-state index contributed by atoms with van der Waals surface area (Å²) >= 11 is 6.05. The second-order valence-electron chi connectivity index (χ2n) is 8.04. The number of halogens is 1. The van der Waals surface area contributed by atoms with Gasteiger partial charge in [0.25, 0.3) is 0 Å². The van der Waals surface area contributed by atoms with E-state index in [-0.39, 0.29) is 30.8 Å². The average molecular weight is 457 g/mol. The zero-order valence-electron chi connectivity index (χ0n) is 18.5. The highest BCUT2D eigenvalue weighted by Crippen LogP contribution is 2.20. The highest BCUT2D eigenvalue weighted by atomic mass is 35.5. The normalized spacial score (nSPS) is 14.2. The van der Waals surface area contributed by atoms with Crippen molar-refractivity contribution in [2.75, 3.05) is 51.6 Å². The van der Waals surface area contributed by atoms with Crippen molar-refractivity contribution < 1.29 is 14.4 Å². The third-order valence-corrected chi connectivity index (χ3v) is 5.97. The van der Waals surface area contributed by atoms with Gasteiger partial charge in [-0.25, -0.2) is 0 Å². The Morgan fingerprint density at radius 3 is 2.34 bits per heavy atom. The Kier molecular flexibility index (Phi) is 8.25. The van der Waals surface area contributed by atoms with Crippen LogP contribution >= 0.6 is 11.6 Å². The van der Waals surface area contributed by atoms with Crippen LogP contribution in [0.4, 0.5) is 5.69 Å². The Morgan fingerprint density at radius 2 is 1.66 bits per heavy atom. The number of likely N-dealkylation sites (N-methyl/N-ethyl adjacent to an activating group) is 1. The number of carbonyl (C=O) groups excluding carboxylic acids is 3. The van der Waals surface area contributed by atoms with E-state index in [2.05, 4.69) is 5.32 Å². The number of hydrogen-bond acceptors (Lipinski definition) is 4. The van der Waals surface area contributed by atoms with Crippen LogP contribution in [0.5, 0.6) is 0 Å². The standard InChI is InChI=1S/C24H29ClN4O3/c1-18-7-3-4-8-19(18)15-23(31)29-13-11-28(12-14-29)17-24(32)27(2)16-22(30)26-21-10-6-5-9-20(21)25/h3-10H,11-17H2,1-2H3,(H,26,30). The molecule has 2 aromatic rings. The van der Waals surface area contributed by atoms with Gasteiger partial charge in [0.1, 0.15) is 0 Å². The molecule has 3 rings (SSSR count). The van der Waals surface area contributed by atoms with Crippen molar-refractivity contribution >= 4 is 35.0 Å². The van der Waals surface area contributed by atoms with Crippen molar-refractivity contribution in [2.45, 2.75) is 13.3 Å². The minimum atomic E-state index is -0.305. The number of carbonyl (C=O) groups is 3. The molecule has 1 fully saturated rings. The first-order valence-corrected chi connectivity index (χ1v) is 11.0. The van der Waals surface area contributed by atoms with Gasteiger partial charge in [0.15, 0.2) is 0 Å². The Morgan fingerprint density at radius 1 is 1.00 bits per heavy atom. The van der Waals surface area contributed by atoms with Crippen molar-refractivity contribution in [2.24, 2.45) is 0 Å². The molecule has 7 nitrogen and oxygen atoms in total. The smallest absolute Gasteiger partial charge is 0.244 e. The number of amides is 3. The quantitative estimate of drug-likeness (QED) is 0.694. The number of aryl methyl sites for hydroxylation is 1. The van der Waals surface area contributed by atoms with Crippen molar-refractivity contribution in [3.63, 3.8) is 0 Å². The lowest BCUT2D eigenvalue weighted by molar-refractivity contribution is -0.136. The molecule has 0 aromatic heterocycles. The van der Waals surface area contributed by atoms with Crippen LogP contribution in [0.25, 0.3) is 0 Å². The molecule has 32 heavy (non-hydrogen) atoms. The molecular formula is C24H29ClN4O3. The molecule has 1 aliphatic rings. The van der Waals surface area contributed by atoms with Crippen molar-refractivity contribution in [1.82, 2.24) is 14.7 Å². The molecule has 0 saturated carbocycles. The number of para-hydroxylation sites is 1. The van der Waals surface area contributed by atoms with Crippen LogP contribution in [-0.2, 0) is 20.8 Å². The van der Waals surface area contributed by atoms with E-state index >= 15 is 0 Å². The maximum atomic E-state index is 12.6. The molecule has 0 atom stereocenters. The van der Waals surface area contributed by atoms with Crippen LogP contribution in [-0.4, -0.2) is 78.7 Å². The van der Waals surface area contributed by atoms with Gasteiger partial charge in [-0.2, -0.15) is 0 Å². The van der Waals surface area contributed by atoms with Crippen molar-refractivity contribution in [3.05, 3.63) is 64.7 Å². The number of piperazine rings is 1. The maximum absolute atomic E-state index is 12.6. The number of benzene rings is 2. The minimum absolute atomic E-state index is 0.0566. The van der Waals surface area contributed by atoms with E-state index in [0.29, 0.717) is 43.3 Å². The summed E-state index contributed by atoms with van der Waals surface area (Å²) in [5.41, 5.74) is 2.69. The molecule has 0 spiro atoms. The van der Waals surface area contributed by atoms with Gasteiger partial charge in [0.05, 0.1) is 30.2 Å². The molecule has 0 unspecified atom stereocenters. The first-order chi connectivity index (χ1) is 15.3. The van der Waals surface area contributed by atoms with E-state index in [0.717, 1.165) is 11.1 Å². The molecule has 0 aliphatic carbocycles. The van der Waals surface area contributed by atoms with E-state index in [1.807, 2.05) is 41.0 Å². The van der Waals surface area contributed by atoms with E-state index in [1.54, 1.807) is 31.3 Å². The zero-order valence-corrected chi connectivity index (χ0v) is 19.3. The lowest BCUT2D eigenvalue weighted by atomic mass is 10.1. The van der Waals surface area contributed by atoms with E-state index in [1.165, 1.54) is 4.90 Å². The van der Waals surface area contributed by atoms with Gasteiger partial charge >= 0.3 is 0 Å². The summed E-state index contributed by atoms with van der Waals surface area (Å²) in [6.45, 7) is 4.62. The monoisotopic (exact) mass is 456 g/mol. The van der Waals surface area contributed by atoms with Crippen LogP contribution in [0.2, 0.25) is 5.02 Å². The van der Waals surface area contributed by atoms with Gasteiger partial charge in [-0.3, -0.25) is 19.3 Å². The third-order valence-electron chi connectivity index (χ3n) is 5.64. The molecule has 1 aliphatic heterocycles. The van der Waals surface area contributed by atoms with Crippen LogP contribution < -0.4 is 5.32 Å². The van der Waals surface area contributed by atoms with Crippen LogP contribution in [0.15, 0.2) is 48.5 Å². The summed E-state index contributed by atoms with van der Waals surface area (Å²) in [5, 5.41) is 3.17. The van der Waals surface area contributed by atoms with Crippen LogP contribution in [0.3, 0.4) is 0 Å². The van der Waals surface area contributed by atoms with Crippen LogP contribution in [0.1, 0.15) is 11.1 Å². The fourth-order valence-corrected chi connectivity index (χ4v) is 3.79. The highest BCUT2D eigenvalue weighted by molar-refractivity contribution is 6.33. The number of hydrogen-bond donors (Lipinski definition) is 1. The lowest BCUT2D eigenvalue weighted by Gasteiger charge is -2.35. The molecule has 1 heterocycles. The van der Waals surface area contributed by atoms with Gasteiger partial charge in [0, 0.05) is 33.2 Å². The largest absolute Gasteiger partial charge is 0.340 e. The van der Waals surface area contributed by atoms with E-state index < -0.39 is 0 Å². The number of rotatable bonds is 7. The van der Waals surface area contributed by atoms with Gasteiger partial charge in [0.2, 0.25) is 17.7 Å². The van der Waals surface area contributed by atoms with E-state index in [4.69, 9.17) is 11.6 Å². The van der Waals surface area contributed by atoms with E-state index in [9.17, 15) is 14.4 Å². The highest BCUT2D eigenvalue weighted by Gasteiger charge is 2.24. The predicted octanol–water partition coefficient (Wildman–Crippen LogP) is 2.43. The summed E-state index contributed by atoms with van der Waals surface area (Å²) in [5.74, 6) is -0.335. The molecule has 1 N–H and O–H groups in total. The average Bonchev–Trinajstić information content (AvgIpc) is 2.77. The molecule has 8 heteroatoms. The van der Waals surface area contributed by atoms with Gasteiger partial charge in [-0.1, -0.05) is 48.0 Å². The van der Waals surface area contributed by atoms with Crippen molar-refractivity contribution in [1.29, 1.82) is 0 Å². The molecule has 0 radical (unpaired) electrons. The SMILES string of the molecule is Cc1ccccc1CC(=O)N1CCN(CC(=O)N(C)CC(=O)Nc2ccccc2Cl)CC1. The topological polar surface area (TPSA) is 73.0 Å². The molecular weight excluding hydrogens is 428 g/mol. The minimum Gasteiger partial charge on any atom is -0.340 e. The summed E-state index contributed by atoms with van der Waals surface area (Å²) < 4.78 is 0. The second-order valence-corrected chi connectivity index (χ2v) is 8.45. The maximum Gasteiger partial charge on any atom is 0.244 e. The molecule has 1 saturated heterocycles. The lowest BCUT2D eigenvalue weighted by Crippen LogP contribution is -2.52. The Hall–Kier alpha value is -2.90. The Bertz CT molecular complexity index is 973. The zero-order chi connectivity index (χ0) is 23.1. The summed E-state index contributed by atoms with van der Waals surface area (Å²) in [7, 11) is 1.61. The van der Waals surface area contributed by atoms with Gasteiger partial charge in [-0.15, -0.1) is 0 Å². The molecule has 170 valence electrons. The molecule has 3 amide bonds. The number of nitrogens with one attached hydrogen (secondary N) is 1. The summed E-state index contributed by atoms with van der Waals surface area (Å²) in [6, 6.07) is 14.9. The fraction of sp³-hybridized carbons (Fsp3) is 0.375. The van der Waals surface area contributed by atoms with Crippen molar-refractivity contribution in [3.8, 4) is 0 Å². The molecule has 2 aromatic carbocycles.